The Kier molecular flexibility index (Phi) is 3.98. The van der Waals surface area contributed by atoms with Gasteiger partial charge in [-0.2, -0.15) is 5.10 Å². The van der Waals surface area contributed by atoms with Crippen molar-refractivity contribution in [3.8, 4) is 11.5 Å². The highest BCUT2D eigenvalue weighted by Gasteiger charge is 2.09. The maximum atomic E-state index is 11.9. The first-order valence-corrected chi connectivity index (χ1v) is 6.93. The van der Waals surface area contributed by atoms with E-state index in [-0.39, 0.29) is 22.6 Å². The molecule has 0 spiro atoms. The molecule has 7 nitrogen and oxygen atoms in total. The van der Waals surface area contributed by atoms with E-state index >= 15 is 0 Å². The number of carbonyl (C=O) groups excluding carboxylic acids is 1. The van der Waals surface area contributed by atoms with Crippen molar-refractivity contribution in [1.82, 2.24) is 5.43 Å². The van der Waals surface area contributed by atoms with E-state index < -0.39 is 11.5 Å². The molecule has 3 rings (SSSR count). The summed E-state index contributed by atoms with van der Waals surface area (Å²) in [5.74, 6) is -0.585. The second kappa shape index (κ2) is 6.25. The fourth-order valence-electron chi connectivity index (χ4n) is 2.10. The maximum Gasteiger partial charge on any atom is 0.336 e. The van der Waals surface area contributed by atoms with E-state index in [1.54, 1.807) is 12.1 Å². The smallest absolute Gasteiger partial charge is 0.336 e. The quantitative estimate of drug-likeness (QED) is 0.387. The lowest BCUT2D eigenvalue weighted by atomic mass is 10.1. The Labute approximate surface area is 135 Å². The molecule has 0 bridgehead atoms. The lowest BCUT2D eigenvalue weighted by Crippen LogP contribution is -2.17. The van der Waals surface area contributed by atoms with Crippen LogP contribution in [0.3, 0.4) is 0 Å². The Bertz CT molecular complexity index is 990. The normalized spacial score (nSPS) is 11.0. The van der Waals surface area contributed by atoms with Crippen LogP contribution >= 0.6 is 0 Å². The van der Waals surface area contributed by atoms with Gasteiger partial charge in [-0.3, -0.25) is 4.79 Å². The van der Waals surface area contributed by atoms with Gasteiger partial charge in [0.2, 0.25) is 0 Å². The number of amides is 1. The number of aromatic hydroxyl groups is 2. The van der Waals surface area contributed by atoms with Crippen molar-refractivity contribution in [1.29, 1.82) is 0 Å². The van der Waals surface area contributed by atoms with Crippen molar-refractivity contribution in [2.75, 3.05) is 0 Å². The fourth-order valence-corrected chi connectivity index (χ4v) is 2.10. The van der Waals surface area contributed by atoms with Gasteiger partial charge in [-0.05, 0) is 42.5 Å². The minimum Gasteiger partial charge on any atom is -0.508 e. The van der Waals surface area contributed by atoms with Crippen LogP contribution in [0.5, 0.6) is 11.5 Å². The van der Waals surface area contributed by atoms with Crippen molar-refractivity contribution in [3.63, 3.8) is 0 Å². The lowest BCUT2D eigenvalue weighted by molar-refractivity contribution is 0.0955. The highest BCUT2D eigenvalue weighted by Crippen LogP contribution is 2.24. The summed E-state index contributed by atoms with van der Waals surface area (Å²) in [7, 11) is 0. The summed E-state index contributed by atoms with van der Waals surface area (Å²) in [6.07, 6.45) is 1.19. The Balaban J connectivity index is 1.86. The van der Waals surface area contributed by atoms with Gasteiger partial charge in [0.05, 0.1) is 11.8 Å². The molecule has 3 N–H and O–H groups in total. The highest BCUT2D eigenvalue weighted by atomic mass is 16.4. The molecule has 0 aliphatic carbocycles. The summed E-state index contributed by atoms with van der Waals surface area (Å²) in [5.41, 5.74) is 2.38. The zero-order chi connectivity index (χ0) is 17.1. The second-order valence-corrected chi connectivity index (χ2v) is 4.92. The first kappa shape index (κ1) is 15.3. The van der Waals surface area contributed by atoms with Crippen LogP contribution in [0.2, 0.25) is 0 Å². The van der Waals surface area contributed by atoms with Gasteiger partial charge in [-0.15, -0.1) is 0 Å². The van der Waals surface area contributed by atoms with Crippen LogP contribution in [-0.2, 0) is 0 Å². The molecule has 0 saturated carbocycles. The molecule has 2 aromatic carbocycles. The standard InChI is InChI=1S/C17H12N2O5/c20-12-5-1-11(2-6-12)17(23)19-18-9-13-14(21)7-3-10-4-8-15(22)24-16(10)13/h1-9,20-21H,(H,19,23)/b18-9+. The van der Waals surface area contributed by atoms with Crippen LogP contribution in [0.1, 0.15) is 15.9 Å². The minimum absolute atomic E-state index is 0.0470. The van der Waals surface area contributed by atoms with Crippen LogP contribution in [0.15, 0.2) is 62.8 Å². The molecule has 1 aromatic heterocycles. The molecule has 0 aliphatic heterocycles. The zero-order valence-corrected chi connectivity index (χ0v) is 12.3. The third-order valence-electron chi connectivity index (χ3n) is 3.29. The Morgan fingerprint density at radius 3 is 2.50 bits per heavy atom. The molecule has 0 aliphatic rings. The summed E-state index contributed by atoms with van der Waals surface area (Å²) in [4.78, 5) is 23.3. The van der Waals surface area contributed by atoms with E-state index in [2.05, 4.69) is 10.5 Å². The number of nitrogens with one attached hydrogen (secondary N) is 1. The Morgan fingerprint density at radius 1 is 1.04 bits per heavy atom. The first-order chi connectivity index (χ1) is 11.5. The topological polar surface area (TPSA) is 112 Å². The number of phenols is 2. The molecule has 120 valence electrons. The Hall–Kier alpha value is -3.61. The number of rotatable bonds is 3. The van der Waals surface area contributed by atoms with Gasteiger partial charge < -0.3 is 14.6 Å². The van der Waals surface area contributed by atoms with Gasteiger partial charge in [0.1, 0.15) is 11.5 Å². The second-order valence-electron chi connectivity index (χ2n) is 4.92. The van der Waals surface area contributed by atoms with Crippen molar-refractivity contribution < 1.29 is 19.4 Å². The van der Waals surface area contributed by atoms with E-state index in [9.17, 15) is 19.8 Å². The van der Waals surface area contributed by atoms with Crippen molar-refractivity contribution in [2.45, 2.75) is 0 Å². The minimum atomic E-state index is -0.559. The molecule has 24 heavy (non-hydrogen) atoms. The highest BCUT2D eigenvalue weighted by molar-refractivity contribution is 6.00. The molecule has 0 atom stereocenters. The molecule has 0 fully saturated rings. The van der Waals surface area contributed by atoms with Crippen molar-refractivity contribution >= 4 is 23.1 Å². The molecule has 1 heterocycles. The number of nitrogens with zero attached hydrogens (tertiary/aromatic N) is 1. The summed E-state index contributed by atoms with van der Waals surface area (Å²) in [6, 6.07) is 11.5. The van der Waals surface area contributed by atoms with E-state index in [1.807, 2.05) is 0 Å². The predicted octanol–water partition coefficient (Wildman–Crippen LogP) is 1.97. The summed E-state index contributed by atoms with van der Waals surface area (Å²) >= 11 is 0. The molecule has 0 radical (unpaired) electrons. The van der Waals surface area contributed by atoms with Crippen LogP contribution < -0.4 is 11.1 Å². The molecule has 7 heteroatoms. The summed E-state index contributed by atoms with van der Waals surface area (Å²) < 4.78 is 5.08. The maximum absolute atomic E-state index is 11.9. The third-order valence-corrected chi connectivity index (χ3v) is 3.29. The number of phenolic OH excluding ortho intramolecular Hbond substituents is 2. The van der Waals surface area contributed by atoms with E-state index in [4.69, 9.17) is 4.42 Å². The SMILES string of the molecule is O=C(N/N=C/c1c(O)ccc2ccc(=O)oc12)c1ccc(O)cc1. The molecule has 0 unspecified atom stereocenters. The third kappa shape index (κ3) is 3.09. The molecule has 0 saturated heterocycles. The monoisotopic (exact) mass is 324 g/mol. The number of carbonyl (C=O) groups is 1. The van der Waals surface area contributed by atoms with Gasteiger partial charge in [0, 0.05) is 17.0 Å². The van der Waals surface area contributed by atoms with E-state index in [0.717, 1.165) is 0 Å². The Morgan fingerprint density at radius 2 is 1.75 bits per heavy atom. The van der Waals surface area contributed by atoms with Gasteiger partial charge >= 0.3 is 5.63 Å². The average molecular weight is 324 g/mol. The molecular weight excluding hydrogens is 312 g/mol. The van der Waals surface area contributed by atoms with Crippen LogP contribution in [0.25, 0.3) is 11.0 Å². The molecule has 1 amide bonds. The number of hydrogen-bond donors (Lipinski definition) is 3. The van der Waals surface area contributed by atoms with Crippen LogP contribution in [0.4, 0.5) is 0 Å². The molecular formula is C17H12N2O5. The summed E-state index contributed by atoms with van der Waals surface area (Å²) in [6.45, 7) is 0. The van der Waals surface area contributed by atoms with Gasteiger partial charge in [0.15, 0.2) is 5.58 Å². The van der Waals surface area contributed by atoms with Crippen LogP contribution in [0, 0.1) is 0 Å². The van der Waals surface area contributed by atoms with Gasteiger partial charge in [-0.25, -0.2) is 10.2 Å². The number of fused-ring (bicyclic) bond motifs is 1. The fraction of sp³-hybridized carbons (Fsp3) is 0. The molecule has 3 aromatic rings. The van der Waals surface area contributed by atoms with Crippen LogP contribution in [-0.4, -0.2) is 22.3 Å². The van der Waals surface area contributed by atoms with Crippen molar-refractivity contribution in [2.24, 2.45) is 5.10 Å². The number of hydrogen-bond acceptors (Lipinski definition) is 6. The zero-order valence-electron chi connectivity index (χ0n) is 12.3. The average Bonchev–Trinajstić information content (AvgIpc) is 2.57. The van der Waals surface area contributed by atoms with Gasteiger partial charge in [0.25, 0.3) is 5.91 Å². The van der Waals surface area contributed by atoms with Gasteiger partial charge in [-0.1, -0.05) is 0 Å². The number of benzene rings is 2. The number of hydrazone groups is 1. The summed E-state index contributed by atoms with van der Waals surface area (Å²) in [5, 5.41) is 23.5. The predicted molar refractivity (Wildman–Crippen MR) is 87.3 cm³/mol. The largest absolute Gasteiger partial charge is 0.508 e. The first-order valence-electron chi connectivity index (χ1n) is 6.93. The van der Waals surface area contributed by atoms with E-state index in [0.29, 0.717) is 10.9 Å². The van der Waals surface area contributed by atoms with E-state index in [1.165, 1.54) is 42.6 Å². The van der Waals surface area contributed by atoms with Crippen molar-refractivity contribution in [3.05, 3.63) is 70.1 Å². The lowest BCUT2D eigenvalue weighted by Gasteiger charge is -2.03.